The molecule has 3 amide bonds. The van der Waals surface area contributed by atoms with Crippen LogP contribution in [0.15, 0.2) is 54.2 Å². The van der Waals surface area contributed by atoms with Gasteiger partial charge in [0.05, 0.1) is 26.7 Å². The number of hydrogen-bond donors (Lipinski definition) is 3. The summed E-state index contributed by atoms with van der Waals surface area (Å²) in [7, 11) is 4.43. The molecule has 2 aromatic carbocycles. The van der Waals surface area contributed by atoms with E-state index >= 15 is 0 Å². The fraction of sp³-hybridized carbons (Fsp3) is 0.280. The zero-order valence-electron chi connectivity index (χ0n) is 19.8. The van der Waals surface area contributed by atoms with Crippen molar-refractivity contribution in [1.29, 1.82) is 0 Å². The summed E-state index contributed by atoms with van der Waals surface area (Å²) in [4.78, 5) is 50.5. The number of urea groups is 1. The molecule has 186 valence electrons. The van der Waals surface area contributed by atoms with Crippen molar-refractivity contribution >= 4 is 53.2 Å². The Morgan fingerprint density at radius 3 is 2.36 bits per heavy atom. The molecule has 0 radical (unpaired) electrons. The number of Topliss-reactive ketones (excluding diaryl/α,β-unsaturated/α-hetero) is 1. The molecule has 10 nitrogen and oxygen atoms in total. The van der Waals surface area contributed by atoms with E-state index in [1.54, 1.807) is 19.1 Å². The van der Waals surface area contributed by atoms with Crippen LogP contribution in [0.1, 0.15) is 24.9 Å². The van der Waals surface area contributed by atoms with Gasteiger partial charge in [-0.1, -0.05) is 30.3 Å². The number of carbonyl (C=O) groups excluding carboxylic acids is 3. The molecule has 11 heteroatoms. The van der Waals surface area contributed by atoms with Gasteiger partial charge in [0.15, 0.2) is 23.3 Å². The van der Waals surface area contributed by atoms with E-state index in [9.17, 15) is 24.3 Å². The first-order valence-electron chi connectivity index (χ1n) is 10.8. The van der Waals surface area contributed by atoms with Gasteiger partial charge in [0.25, 0.3) is 5.91 Å². The van der Waals surface area contributed by atoms with Crippen LogP contribution in [0.3, 0.4) is 0 Å². The first-order chi connectivity index (χ1) is 16.7. The van der Waals surface area contributed by atoms with Crippen LogP contribution in [0.2, 0.25) is 0 Å². The fourth-order valence-corrected chi connectivity index (χ4v) is 3.87. The van der Waals surface area contributed by atoms with Crippen LogP contribution in [0.5, 0.6) is 11.5 Å². The van der Waals surface area contributed by atoms with Crippen molar-refractivity contribution in [3.8, 4) is 22.6 Å². The predicted octanol–water partition coefficient (Wildman–Crippen LogP) is 1.85. The molecule has 1 unspecified atom stereocenters. The number of ether oxygens (including phenoxy) is 2. The second kappa shape index (κ2) is 12.6. The van der Waals surface area contributed by atoms with Gasteiger partial charge in [-0.2, -0.15) is 0 Å². The van der Waals surface area contributed by atoms with Crippen molar-refractivity contribution in [2.45, 2.75) is 25.4 Å². The SMILES string of the molecule is COc1cc([C@H](CC(=O)O)NC(=O)NC2C(=O)C(C)=CN(C)C2=O)cc(-c2ccccc2)c1OC.[NaH]. The van der Waals surface area contributed by atoms with Gasteiger partial charge >= 0.3 is 41.6 Å². The number of nitrogens with zero attached hydrogens (tertiary/aromatic N) is 1. The van der Waals surface area contributed by atoms with Crippen LogP contribution < -0.4 is 20.1 Å². The standard InChI is InChI=1S/C25H27N3O7.Na.H/c1-14-13-28(2)24(32)21(22(14)31)27-25(33)26-18(12-20(29)30)16-10-17(15-8-6-5-7-9-15)23(35-4)19(11-16)34-3;;/h5-11,13,18,21H,12H2,1-4H3,(H,29,30)(H2,26,27,33);;/t18-,21?;;/m0../s1. The van der Waals surface area contributed by atoms with Crippen LogP contribution in [0.25, 0.3) is 11.1 Å². The van der Waals surface area contributed by atoms with Crippen LogP contribution in [-0.2, 0) is 14.4 Å². The Bertz CT molecular complexity index is 1180. The summed E-state index contributed by atoms with van der Waals surface area (Å²) in [6, 6.07) is 9.30. The Kier molecular flexibility index (Phi) is 10.1. The van der Waals surface area contributed by atoms with Crippen molar-refractivity contribution < 1.29 is 33.8 Å². The van der Waals surface area contributed by atoms with Crippen LogP contribution >= 0.6 is 0 Å². The topological polar surface area (TPSA) is 134 Å². The van der Waals surface area contributed by atoms with Gasteiger partial charge < -0.3 is 30.1 Å². The second-order valence-electron chi connectivity index (χ2n) is 8.00. The molecule has 1 heterocycles. The first kappa shape index (κ1) is 28.9. The minimum absolute atomic E-state index is 0. The summed E-state index contributed by atoms with van der Waals surface area (Å²) in [5.41, 5.74) is 2.19. The third kappa shape index (κ3) is 6.45. The van der Waals surface area contributed by atoms with E-state index in [1.807, 2.05) is 30.3 Å². The van der Waals surface area contributed by atoms with E-state index < -0.39 is 42.2 Å². The third-order valence-electron chi connectivity index (χ3n) is 5.58. The molecule has 0 saturated carbocycles. The molecule has 2 aromatic rings. The number of hydrogen-bond acceptors (Lipinski definition) is 6. The number of carbonyl (C=O) groups is 4. The summed E-state index contributed by atoms with van der Waals surface area (Å²) < 4.78 is 11.0. The van der Waals surface area contributed by atoms with E-state index in [4.69, 9.17) is 9.47 Å². The van der Waals surface area contributed by atoms with Crippen molar-refractivity contribution in [1.82, 2.24) is 15.5 Å². The van der Waals surface area contributed by atoms with E-state index in [0.29, 0.717) is 28.2 Å². The third-order valence-corrected chi connectivity index (χ3v) is 5.58. The number of rotatable bonds is 8. The van der Waals surface area contributed by atoms with Crippen molar-refractivity contribution in [3.63, 3.8) is 0 Å². The van der Waals surface area contributed by atoms with E-state index in [1.165, 1.54) is 32.4 Å². The van der Waals surface area contributed by atoms with E-state index in [-0.39, 0.29) is 29.6 Å². The predicted molar refractivity (Wildman–Crippen MR) is 134 cm³/mol. The molecular weight excluding hydrogens is 477 g/mol. The summed E-state index contributed by atoms with van der Waals surface area (Å²) in [6.07, 6.45) is 0.936. The molecule has 1 aliphatic rings. The average molecular weight is 506 g/mol. The Morgan fingerprint density at radius 2 is 1.78 bits per heavy atom. The molecule has 3 N–H and O–H groups in total. The number of nitrogens with one attached hydrogen (secondary N) is 2. The zero-order valence-corrected chi connectivity index (χ0v) is 19.8. The Hall–Kier alpha value is -3.34. The Balaban J connectivity index is 0.00000456. The number of carboxylic acid groups (broad SMARTS) is 1. The van der Waals surface area contributed by atoms with Crippen molar-refractivity contribution in [2.24, 2.45) is 0 Å². The first-order valence-corrected chi connectivity index (χ1v) is 10.8. The molecule has 0 fully saturated rings. The monoisotopic (exact) mass is 505 g/mol. The molecule has 3 rings (SSSR count). The summed E-state index contributed by atoms with van der Waals surface area (Å²) >= 11 is 0. The number of ketones is 1. The minimum atomic E-state index is -1.40. The summed E-state index contributed by atoms with van der Waals surface area (Å²) in [5, 5.41) is 14.4. The number of carboxylic acids is 1. The molecule has 0 aliphatic carbocycles. The molecule has 0 aromatic heterocycles. The molecule has 1 aliphatic heterocycles. The van der Waals surface area contributed by atoms with Crippen LogP contribution in [0, 0.1) is 0 Å². The summed E-state index contributed by atoms with van der Waals surface area (Å²) in [5.74, 6) is -1.49. The number of aliphatic carboxylic acids is 1. The zero-order chi connectivity index (χ0) is 25.7. The van der Waals surface area contributed by atoms with Gasteiger partial charge in [0.2, 0.25) is 0 Å². The number of methoxy groups -OCH3 is 2. The Morgan fingerprint density at radius 1 is 1.11 bits per heavy atom. The molecular formula is C25H28N3NaO7. The molecule has 0 spiro atoms. The van der Waals surface area contributed by atoms with Gasteiger partial charge in [-0.05, 0) is 30.2 Å². The van der Waals surface area contributed by atoms with Crippen LogP contribution in [-0.4, -0.2) is 90.6 Å². The number of likely N-dealkylation sites (N-methyl/N-ethyl adjacent to an activating group) is 1. The van der Waals surface area contributed by atoms with Gasteiger partial charge in [-0.25, -0.2) is 4.79 Å². The normalized spacial score (nSPS) is 15.8. The molecule has 0 saturated heterocycles. The second-order valence-corrected chi connectivity index (χ2v) is 8.00. The van der Waals surface area contributed by atoms with Crippen LogP contribution in [0.4, 0.5) is 4.79 Å². The average Bonchev–Trinajstić information content (AvgIpc) is 2.84. The molecule has 2 atom stereocenters. The van der Waals surface area contributed by atoms with Gasteiger partial charge in [0, 0.05) is 24.4 Å². The Labute approximate surface area is 230 Å². The quantitative estimate of drug-likeness (QED) is 0.368. The summed E-state index contributed by atoms with van der Waals surface area (Å²) in [6.45, 7) is 1.54. The van der Waals surface area contributed by atoms with E-state index in [0.717, 1.165) is 5.56 Å². The number of amides is 3. The number of benzene rings is 2. The molecule has 0 bridgehead atoms. The van der Waals surface area contributed by atoms with Gasteiger partial charge in [-0.3, -0.25) is 14.4 Å². The molecule has 36 heavy (non-hydrogen) atoms. The fourth-order valence-electron chi connectivity index (χ4n) is 3.87. The van der Waals surface area contributed by atoms with E-state index in [2.05, 4.69) is 10.6 Å². The van der Waals surface area contributed by atoms with Crippen molar-refractivity contribution in [2.75, 3.05) is 21.3 Å². The van der Waals surface area contributed by atoms with Gasteiger partial charge in [-0.15, -0.1) is 0 Å². The maximum absolute atomic E-state index is 12.8. The van der Waals surface area contributed by atoms with Gasteiger partial charge in [0.1, 0.15) is 0 Å². The maximum atomic E-state index is 12.8. The van der Waals surface area contributed by atoms with Crippen molar-refractivity contribution in [3.05, 3.63) is 59.8 Å².